The summed E-state index contributed by atoms with van der Waals surface area (Å²) < 4.78 is 6.90. The second-order valence-corrected chi connectivity index (χ2v) is 6.02. The molecule has 122 valence electrons. The van der Waals surface area contributed by atoms with Crippen LogP contribution in [0, 0.1) is 0 Å². The zero-order valence-corrected chi connectivity index (χ0v) is 13.8. The van der Waals surface area contributed by atoms with E-state index in [-0.39, 0.29) is 0 Å². The van der Waals surface area contributed by atoms with Gasteiger partial charge < -0.3 is 15.0 Å². The van der Waals surface area contributed by atoms with E-state index in [0.717, 1.165) is 11.3 Å². The van der Waals surface area contributed by atoms with Crippen LogP contribution in [-0.2, 0) is 11.8 Å². The standard InChI is InChI=1S/C14H17N5O3S/c1-8(12(20)16-13(15)21)23-14-18-17-11(19(14)2)9-4-6-10(22-3)7-5-9/h4-8H,1-3H3,(H3,15,16,20,21)/t8-/m1/s1. The van der Waals surface area contributed by atoms with Gasteiger partial charge in [0, 0.05) is 12.6 Å². The molecule has 2 rings (SSSR count). The van der Waals surface area contributed by atoms with Crippen molar-refractivity contribution in [2.24, 2.45) is 12.8 Å². The number of nitrogens with one attached hydrogen (secondary N) is 1. The van der Waals surface area contributed by atoms with Crippen LogP contribution >= 0.6 is 11.8 Å². The second-order valence-electron chi connectivity index (χ2n) is 4.71. The van der Waals surface area contributed by atoms with E-state index in [9.17, 15) is 9.59 Å². The Labute approximate surface area is 137 Å². The lowest BCUT2D eigenvalue weighted by molar-refractivity contribution is -0.119. The summed E-state index contributed by atoms with van der Waals surface area (Å²) in [5.41, 5.74) is 5.81. The molecule has 1 aromatic heterocycles. The molecule has 3 amide bonds. The van der Waals surface area contributed by atoms with Crippen molar-refractivity contribution >= 4 is 23.7 Å². The van der Waals surface area contributed by atoms with E-state index < -0.39 is 17.2 Å². The molecule has 1 atom stereocenters. The van der Waals surface area contributed by atoms with Crippen molar-refractivity contribution in [3.8, 4) is 17.1 Å². The average Bonchev–Trinajstić information content (AvgIpc) is 2.87. The minimum absolute atomic E-state index is 0.475. The molecule has 0 unspecified atom stereocenters. The number of hydrogen-bond donors (Lipinski definition) is 2. The Balaban J connectivity index is 2.15. The number of primary amides is 1. The molecule has 9 heteroatoms. The molecule has 1 heterocycles. The number of thioether (sulfide) groups is 1. The van der Waals surface area contributed by atoms with Gasteiger partial charge in [-0.05, 0) is 31.2 Å². The van der Waals surface area contributed by atoms with E-state index in [1.807, 2.05) is 29.6 Å². The summed E-state index contributed by atoms with van der Waals surface area (Å²) in [5, 5.41) is 10.3. The molecular formula is C14H17N5O3S. The minimum atomic E-state index is -0.876. The van der Waals surface area contributed by atoms with Crippen molar-refractivity contribution in [3.63, 3.8) is 0 Å². The molecule has 0 radical (unpaired) electrons. The molecule has 0 aliphatic heterocycles. The van der Waals surface area contributed by atoms with E-state index in [2.05, 4.69) is 10.2 Å². The Kier molecular flexibility index (Phi) is 5.22. The Morgan fingerprint density at radius 3 is 2.52 bits per heavy atom. The highest BCUT2D eigenvalue weighted by atomic mass is 32.2. The van der Waals surface area contributed by atoms with Crippen LogP contribution in [0.5, 0.6) is 5.75 Å². The first kappa shape index (κ1) is 16.8. The monoisotopic (exact) mass is 335 g/mol. The smallest absolute Gasteiger partial charge is 0.318 e. The summed E-state index contributed by atoms with van der Waals surface area (Å²) in [6.07, 6.45) is 0. The number of imide groups is 1. The van der Waals surface area contributed by atoms with E-state index in [0.29, 0.717) is 11.0 Å². The fourth-order valence-corrected chi connectivity index (χ4v) is 2.66. The first-order valence-electron chi connectivity index (χ1n) is 6.73. The van der Waals surface area contributed by atoms with Gasteiger partial charge in [0.05, 0.1) is 12.4 Å². The van der Waals surface area contributed by atoms with E-state index >= 15 is 0 Å². The Hall–Kier alpha value is -2.55. The summed E-state index contributed by atoms with van der Waals surface area (Å²) in [6, 6.07) is 6.54. The number of carbonyl (C=O) groups is 2. The third-order valence-electron chi connectivity index (χ3n) is 3.08. The first-order valence-corrected chi connectivity index (χ1v) is 7.61. The van der Waals surface area contributed by atoms with Gasteiger partial charge in [-0.15, -0.1) is 10.2 Å². The maximum Gasteiger partial charge on any atom is 0.318 e. The average molecular weight is 335 g/mol. The number of hydrogen-bond acceptors (Lipinski definition) is 6. The van der Waals surface area contributed by atoms with Gasteiger partial charge >= 0.3 is 6.03 Å². The van der Waals surface area contributed by atoms with Crippen LogP contribution in [0.25, 0.3) is 11.4 Å². The normalized spacial score (nSPS) is 11.8. The number of nitrogens with two attached hydrogens (primary N) is 1. The second kappa shape index (κ2) is 7.14. The Bertz CT molecular complexity index is 714. The minimum Gasteiger partial charge on any atom is -0.497 e. The van der Waals surface area contributed by atoms with Crippen LogP contribution in [0.2, 0.25) is 0 Å². The lowest BCUT2D eigenvalue weighted by atomic mass is 10.2. The number of benzene rings is 1. The maximum atomic E-state index is 11.7. The molecule has 0 spiro atoms. The van der Waals surface area contributed by atoms with Gasteiger partial charge in [-0.3, -0.25) is 10.1 Å². The zero-order valence-electron chi connectivity index (χ0n) is 12.9. The number of rotatable bonds is 5. The Morgan fingerprint density at radius 1 is 1.30 bits per heavy atom. The molecular weight excluding hydrogens is 318 g/mol. The zero-order chi connectivity index (χ0) is 17.0. The predicted octanol–water partition coefficient (Wildman–Crippen LogP) is 1.17. The first-order chi connectivity index (χ1) is 10.9. The third-order valence-corrected chi connectivity index (χ3v) is 4.21. The van der Waals surface area contributed by atoms with Gasteiger partial charge in [-0.1, -0.05) is 11.8 Å². The maximum absolute atomic E-state index is 11.7. The molecule has 0 saturated heterocycles. The van der Waals surface area contributed by atoms with Crippen molar-refractivity contribution in [1.82, 2.24) is 20.1 Å². The van der Waals surface area contributed by atoms with Crippen LogP contribution in [-0.4, -0.2) is 39.1 Å². The van der Waals surface area contributed by atoms with Crippen LogP contribution in [0.1, 0.15) is 6.92 Å². The van der Waals surface area contributed by atoms with Gasteiger partial charge in [0.15, 0.2) is 11.0 Å². The summed E-state index contributed by atoms with van der Waals surface area (Å²) >= 11 is 1.19. The van der Waals surface area contributed by atoms with Crippen LogP contribution in [0.3, 0.4) is 0 Å². The molecule has 0 aliphatic carbocycles. The van der Waals surface area contributed by atoms with Crippen molar-refractivity contribution in [1.29, 1.82) is 0 Å². The molecule has 0 bridgehead atoms. The van der Waals surface area contributed by atoms with Gasteiger partial charge in [-0.25, -0.2) is 4.79 Å². The third kappa shape index (κ3) is 4.01. The van der Waals surface area contributed by atoms with Crippen LogP contribution in [0.15, 0.2) is 29.4 Å². The predicted molar refractivity (Wildman–Crippen MR) is 86.0 cm³/mol. The number of nitrogens with zero attached hydrogens (tertiary/aromatic N) is 3. The number of carbonyl (C=O) groups excluding carboxylic acids is 2. The molecule has 0 aliphatic rings. The van der Waals surface area contributed by atoms with E-state index in [4.69, 9.17) is 10.5 Å². The van der Waals surface area contributed by atoms with E-state index in [1.54, 1.807) is 25.6 Å². The number of urea groups is 1. The largest absolute Gasteiger partial charge is 0.497 e. The fourth-order valence-electron chi connectivity index (χ4n) is 1.84. The van der Waals surface area contributed by atoms with Crippen molar-refractivity contribution in [3.05, 3.63) is 24.3 Å². The van der Waals surface area contributed by atoms with Crippen molar-refractivity contribution in [2.75, 3.05) is 7.11 Å². The quantitative estimate of drug-likeness (QED) is 0.793. The van der Waals surface area contributed by atoms with Crippen molar-refractivity contribution < 1.29 is 14.3 Å². The lowest BCUT2D eigenvalue weighted by Gasteiger charge is -2.09. The topological polar surface area (TPSA) is 112 Å². The van der Waals surface area contributed by atoms with Gasteiger partial charge in [0.25, 0.3) is 0 Å². The van der Waals surface area contributed by atoms with Gasteiger partial charge in [0.1, 0.15) is 5.75 Å². The number of aromatic nitrogens is 3. The molecule has 8 nitrogen and oxygen atoms in total. The van der Waals surface area contributed by atoms with Crippen molar-refractivity contribution in [2.45, 2.75) is 17.3 Å². The summed E-state index contributed by atoms with van der Waals surface area (Å²) in [5.74, 6) is 0.941. The molecule has 0 saturated carbocycles. The Morgan fingerprint density at radius 2 is 1.96 bits per heavy atom. The van der Waals surface area contributed by atoms with Gasteiger partial charge in [-0.2, -0.15) is 0 Å². The molecule has 3 N–H and O–H groups in total. The molecule has 2 aromatic rings. The highest BCUT2D eigenvalue weighted by Gasteiger charge is 2.20. The number of methoxy groups -OCH3 is 1. The van der Waals surface area contributed by atoms with Crippen LogP contribution < -0.4 is 15.8 Å². The van der Waals surface area contributed by atoms with E-state index in [1.165, 1.54) is 11.8 Å². The highest BCUT2D eigenvalue weighted by molar-refractivity contribution is 8.00. The summed E-state index contributed by atoms with van der Waals surface area (Å²) in [6.45, 7) is 1.66. The number of amides is 3. The van der Waals surface area contributed by atoms with Gasteiger partial charge in [0.2, 0.25) is 5.91 Å². The number of ether oxygens (including phenoxy) is 1. The molecule has 0 fully saturated rings. The fraction of sp³-hybridized carbons (Fsp3) is 0.286. The van der Waals surface area contributed by atoms with Crippen LogP contribution in [0.4, 0.5) is 4.79 Å². The summed E-state index contributed by atoms with van der Waals surface area (Å²) in [4.78, 5) is 22.4. The lowest BCUT2D eigenvalue weighted by Crippen LogP contribution is -2.39. The summed E-state index contributed by atoms with van der Waals surface area (Å²) in [7, 11) is 3.41. The molecule has 1 aromatic carbocycles. The molecule has 23 heavy (non-hydrogen) atoms. The SMILES string of the molecule is COc1ccc(-c2nnc(S[C@H](C)C(=O)NC(N)=O)n2C)cc1. The highest BCUT2D eigenvalue weighted by Crippen LogP contribution is 2.26.